The maximum Gasteiger partial charge on any atom is 0.0402 e. The fourth-order valence-corrected chi connectivity index (χ4v) is 3.84. The van der Waals surface area contributed by atoms with Gasteiger partial charge in [-0.15, -0.1) is 11.3 Å². The average molecular weight is 324 g/mol. The van der Waals surface area contributed by atoms with Gasteiger partial charge in [0.05, 0.1) is 0 Å². The second kappa shape index (κ2) is 6.00. The summed E-state index contributed by atoms with van der Waals surface area (Å²) in [7, 11) is 0. The van der Waals surface area contributed by atoms with E-state index in [2.05, 4.69) is 77.7 Å². The van der Waals surface area contributed by atoms with E-state index >= 15 is 0 Å². The summed E-state index contributed by atoms with van der Waals surface area (Å²) >= 11 is 5.38. The number of nitrogens with one attached hydrogen (secondary N) is 1. The topological polar surface area (TPSA) is 12.0 Å². The van der Waals surface area contributed by atoms with E-state index in [1.807, 2.05) is 0 Å². The summed E-state index contributed by atoms with van der Waals surface area (Å²) in [5.74, 6) is 0. The Bertz CT molecular complexity index is 521. The number of aryl methyl sites for hydroxylation is 1. The number of rotatable bonds is 4. The lowest BCUT2D eigenvalue weighted by Gasteiger charge is -2.20. The van der Waals surface area contributed by atoms with Gasteiger partial charge >= 0.3 is 0 Å². The predicted molar refractivity (Wildman–Crippen MR) is 83.2 cm³/mol. The largest absolute Gasteiger partial charge is 0.303 e. The van der Waals surface area contributed by atoms with Gasteiger partial charge in [0.1, 0.15) is 0 Å². The van der Waals surface area contributed by atoms with Crippen LogP contribution in [0.15, 0.2) is 40.2 Å². The molecule has 0 saturated heterocycles. The molecule has 0 spiro atoms. The Labute approximate surface area is 121 Å². The van der Waals surface area contributed by atoms with E-state index in [9.17, 15) is 0 Å². The Morgan fingerprint density at radius 3 is 2.56 bits per heavy atom. The minimum atomic E-state index is 0.355. The average Bonchev–Trinajstić information content (AvgIpc) is 2.75. The van der Waals surface area contributed by atoms with Gasteiger partial charge < -0.3 is 5.32 Å². The molecule has 0 saturated carbocycles. The van der Waals surface area contributed by atoms with Gasteiger partial charge in [0.2, 0.25) is 0 Å². The van der Waals surface area contributed by atoms with Crippen LogP contribution in [0.25, 0.3) is 0 Å². The molecule has 1 unspecified atom stereocenters. The lowest BCUT2D eigenvalue weighted by molar-refractivity contribution is 0.499. The Balaban J connectivity index is 2.08. The van der Waals surface area contributed by atoms with E-state index in [-0.39, 0.29) is 0 Å². The number of thiophene rings is 1. The summed E-state index contributed by atoms with van der Waals surface area (Å²) in [5, 5.41) is 5.77. The molecular weight excluding hydrogens is 306 g/mol. The van der Waals surface area contributed by atoms with Crippen molar-refractivity contribution >= 4 is 27.3 Å². The van der Waals surface area contributed by atoms with E-state index < -0.39 is 0 Å². The molecule has 1 nitrogen and oxygen atoms in total. The van der Waals surface area contributed by atoms with Crippen molar-refractivity contribution in [2.45, 2.75) is 32.9 Å². The second-order valence-corrected chi connectivity index (χ2v) is 6.46. The first-order chi connectivity index (χ1) is 8.58. The smallest absolute Gasteiger partial charge is 0.0402 e. The van der Waals surface area contributed by atoms with Gasteiger partial charge in [0.25, 0.3) is 0 Å². The summed E-state index contributed by atoms with van der Waals surface area (Å²) in [6.45, 7) is 6.56. The lowest BCUT2D eigenvalue weighted by atomic mass is 10.0. The van der Waals surface area contributed by atoms with Crippen molar-refractivity contribution in [1.29, 1.82) is 0 Å². The Morgan fingerprint density at radius 2 is 1.94 bits per heavy atom. The van der Waals surface area contributed by atoms with Crippen LogP contribution in [0.3, 0.4) is 0 Å². The van der Waals surface area contributed by atoms with Gasteiger partial charge in [-0.2, -0.15) is 0 Å². The minimum Gasteiger partial charge on any atom is -0.303 e. The van der Waals surface area contributed by atoms with Crippen LogP contribution in [0.5, 0.6) is 0 Å². The van der Waals surface area contributed by atoms with E-state index in [4.69, 9.17) is 0 Å². The zero-order valence-corrected chi connectivity index (χ0v) is 13.3. The van der Waals surface area contributed by atoms with Crippen molar-refractivity contribution in [3.05, 3.63) is 56.2 Å². The number of halogens is 1. The molecule has 0 radical (unpaired) electrons. The van der Waals surface area contributed by atoms with Crippen molar-refractivity contribution in [1.82, 2.24) is 5.32 Å². The van der Waals surface area contributed by atoms with E-state index in [0.29, 0.717) is 12.1 Å². The molecular formula is C15H18BrNS. The molecule has 18 heavy (non-hydrogen) atoms. The molecule has 0 aliphatic carbocycles. The maximum atomic E-state index is 3.65. The van der Waals surface area contributed by atoms with Gasteiger partial charge in [-0.05, 0) is 53.7 Å². The fraction of sp³-hybridized carbons (Fsp3) is 0.333. The Hall–Kier alpha value is -0.640. The third kappa shape index (κ3) is 3.22. The highest BCUT2D eigenvalue weighted by atomic mass is 79.9. The molecule has 2 rings (SSSR count). The van der Waals surface area contributed by atoms with Crippen molar-refractivity contribution in [3.8, 4) is 0 Å². The van der Waals surface area contributed by atoms with Crippen molar-refractivity contribution in [2.75, 3.05) is 0 Å². The molecule has 0 amide bonds. The standard InChI is InChI=1S/C15H18BrNS/c1-10-5-4-6-13(9-10)11(2)17-12(3)15-14(16)7-8-18-15/h4-9,11-12,17H,1-3H3/t11-,12?/m1/s1. The van der Waals surface area contributed by atoms with Crippen LogP contribution in [0.2, 0.25) is 0 Å². The van der Waals surface area contributed by atoms with E-state index in [1.54, 1.807) is 11.3 Å². The molecule has 2 atom stereocenters. The van der Waals surface area contributed by atoms with Crippen LogP contribution in [-0.4, -0.2) is 0 Å². The molecule has 0 bridgehead atoms. The van der Waals surface area contributed by atoms with Crippen LogP contribution in [0, 0.1) is 6.92 Å². The van der Waals surface area contributed by atoms with Crippen LogP contribution in [-0.2, 0) is 0 Å². The number of benzene rings is 1. The first-order valence-corrected chi connectivity index (χ1v) is 7.80. The van der Waals surface area contributed by atoms with Gasteiger partial charge in [0, 0.05) is 21.4 Å². The molecule has 0 aliphatic heterocycles. The first-order valence-electron chi connectivity index (χ1n) is 6.13. The Kier molecular flexibility index (Phi) is 4.60. The van der Waals surface area contributed by atoms with Gasteiger partial charge in [-0.3, -0.25) is 0 Å². The number of hydrogen-bond acceptors (Lipinski definition) is 2. The summed E-state index contributed by atoms with van der Waals surface area (Å²) < 4.78 is 1.20. The van der Waals surface area contributed by atoms with Gasteiger partial charge in [0.15, 0.2) is 0 Å². The van der Waals surface area contributed by atoms with Crippen LogP contribution >= 0.6 is 27.3 Å². The van der Waals surface area contributed by atoms with E-state index in [1.165, 1.54) is 20.5 Å². The summed E-state index contributed by atoms with van der Waals surface area (Å²) in [5.41, 5.74) is 2.65. The van der Waals surface area contributed by atoms with Crippen LogP contribution < -0.4 is 5.32 Å². The zero-order valence-electron chi connectivity index (χ0n) is 10.9. The first kappa shape index (κ1) is 13.8. The minimum absolute atomic E-state index is 0.355. The second-order valence-electron chi connectivity index (χ2n) is 4.66. The van der Waals surface area contributed by atoms with Crippen LogP contribution in [0.4, 0.5) is 0 Å². The highest BCUT2D eigenvalue weighted by molar-refractivity contribution is 9.10. The third-order valence-electron chi connectivity index (χ3n) is 3.08. The molecule has 0 aliphatic rings. The zero-order chi connectivity index (χ0) is 13.1. The fourth-order valence-electron chi connectivity index (χ4n) is 2.10. The third-order valence-corrected chi connectivity index (χ3v) is 5.13. The molecule has 0 fully saturated rings. The lowest BCUT2D eigenvalue weighted by Crippen LogP contribution is -2.22. The molecule has 1 heterocycles. The van der Waals surface area contributed by atoms with Crippen molar-refractivity contribution < 1.29 is 0 Å². The normalized spacial score (nSPS) is 14.4. The SMILES string of the molecule is Cc1cccc([C@@H](C)NC(C)c2sccc2Br)c1. The van der Waals surface area contributed by atoms with Crippen LogP contribution in [0.1, 0.15) is 41.9 Å². The molecule has 1 aromatic heterocycles. The van der Waals surface area contributed by atoms with E-state index in [0.717, 1.165) is 0 Å². The predicted octanol–water partition coefficient (Wildman–Crippen LogP) is 5.23. The monoisotopic (exact) mass is 323 g/mol. The Morgan fingerprint density at radius 1 is 1.17 bits per heavy atom. The quantitative estimate of drug-likeness (QED) is 0.812. The summed E-state index contributed by atoms with van der Waals surface area (Å²) in [6, 6.07) is 11.5. The molecule has 1 N–H and O–H groups in total. The van der Waals surface area contributed by atoms with Crippen molar-refractivity contribution in [3.63, 3.8) is 0 Å². The van der Waals surface area contributed by atoms with Gasteiger partial charge in [-0.25, -0.2) is 0 Å². The van der Waals surface area contributed by atoms with Crippen molar-refractivity contribution in [2.24, 2.45) is 0 Å². The maximum absolute atomic E-state index is 3.65. The highest BCUT2D eigenvalue weighted by Crippen LogP contribution is 2.30. The number of hydrogen-bond donors (Lipinski definition) is 1. The molecule has 96 valence electrons. The highest BCUT2D eigenvalue weighted by Gasteiger charge is 2.14. The summed E-state index contributed by atoms with van der Waals surface area (Å²) in [4.78, 5) is 1.36. The summed E-state index contributed by atoms with van der Waals surface area (Å²) in [6.07, 6.45) is 0. The molecule has 3 heteroatoms. The molecule has 1 aromatic carbocycles. The van der Waals surface area contributed by atoms with Gasteiger partial charge in [-0.1, -0.05) is 29.8 Å². The molecule has 2 aromatic rings.